The van der Waals surface area contributed by atoms with Crippen molar-refractivity contribution in [1.82, 2.24) is 4.72 Å². The van der Waals surface area contributed by atoms with E-state index in [0.29, 0.717) is 6.42 Å². The Kier molecular flexibility index (Phi) is 6.20. The van der Waals surface area contributed by atoms with Crippen molar-refractivity contribution in [2.45, 2.75) is 42.9 Å². The summed E-state index contributed by atoms with van der Waals surface area (Å²) >= 11 is 0. The molecule has 1 aliphatic carbocycles. The Morgan fingerprint density at radius 2 is 1.47 bits per heavy atom. The molecule has 0 bridgehead atoms. The molecule has 0 heterocycles. The van der Waals surface area contributed by atoms with E-state index in [-0.39, 0.29) is 4.90 Å². The number of amides is 1. The summed E-state index contributed by atoms with van der Waals surface area (Å²) in [5.74, 6) is -1.16. The van der Waals surface area contributed by atoms with Crippen LogP contribution in [0, 0.1) is 0 Å². The molecule has 0 fully saturated rings. The molecule has 1 atom stereocenters. The molecule has 0 aromatic heterocycles. The summed E-state index contributed by atoms with van der Waals surface area (Å²) in [4.78, 5) is 13.6. The number of aryl methyl sites for hydroxylation is 2. The fourth-order valence-electron chi connectivity index (χ4n) is 4.78. The minimum Gasteiger partial charge on any atom is -0.273 e. The van der Waals surface area contributed by atoms with Crippen LogP contribution in [0.25, 0.3) is 10.8 Å². The zero-order valence-corrected chi connectivity index (χ0v) is 19.7. The van der Waals surface area contributed by atoms with Gasteiger partial charge in [-0.3, -0.25) is 4.79 Å². The fraction of sp³-hybridized carbons (Fsp3) is 0.207. The molecule has 1 unspecified atom stereocenters. The second kappa shape index (κ2) is 9.43. The van der Waals surface area contributed by atoms with Gasteiger partial charge in [-0.25, -0.2) is 13.1 Å². The Morgan fingerprint density at radius 1 is 0.765 bits per heavy atom. The first-order valence-electron chi connectivity index (χ1n) is 11.7. The minimum absolute atomic E-state index is 0.151. The van der Waals surface area contributed by atoms with Crippen LogP contribution >= 0.6 is 0 Å². The average molecular weight is 470 g/mol. The summed E-state index contributed by atoms with van der Waals surface area (Å²) in [5, 5.41) is 2.09. The van der Waals surface area contributed by atoms with Crippen molar-refractivity contribution in [3.05, 3.63) is 113 Å². The van der Waals surface area contributed by atoms with Crippen molar-refractivity contribution >= 4 is 26.7 Å². The molecule has 34 heavy (non-hydrogen) atoms. The number of fused-ring (bicyclic) bond motifs is 2. The van der Waals surface area contributed by atoms with Gasteiger partial charge in [-0.1, -0.05) is 78.9 Å². The highest BCUT2D eigenvalue weighted by Crippen LogP contribution is 2.27. The first kappa shape index (κ1) is 22.4. The van der Waals surface area contributed by atoms with Crippen LogP contribution in [0.1, 0.15) is 41.0 Å². The normalized spacial score (nSPS) is 14.4. The number of carbonyl (C=O) groups excluding carboxylic acids is 1. The number of hydrogen-bond donors (Lipinski definition) is 1. The topological polar surface area (TPSA) is 63.2 Å². The third-order valence-electron chi connectivity index (χ3n) is 6.64. The van der Waals surface area contributed by atoms with Crippen molar-refractivity contribution < 1.29 is 13.2 Å². The van der Waals surface area contributed by atoms with E-state index in [1.165, 1.54) is 5.56 Å². The van der Waals surface area contributed by atoms with Crippen LogP contribution in [0.3, 0.4) is 0 Å². The predicted molar refractivity (Wildman–Crippen MR) is 135 cm³/mol. The molecule has 4 aromatic rings. The van der Waals surface area contributed by atoms with Gasteiger partial charge >= 0.3 is 0 Å². The molecule has 0 saturated carbocycles. The number of hydrogen-bond acceptors (Lipinski definition) is 3. The van der Waals surface area contributed by atoms with Gasteiger partial charge in [0.05, 0.1) is 10.8 Å². The molecular formula is C29H27NO3S. The maximum Gasteiger partial charge on any atom is 0.264 e. The van der Waals surface area contributed by atoms with Crippen LogP contribution in [0.4, 0.5) is 0 Å². The number of carbonyl (C=O) groups is 1. The van der Waals surface area contributed by atoms with E-state index < -0.39 is 21.8 Å². The third kappa shape index (κ3) is 4.75. The van der Waals surface area contributed by atoms with Crippen molar-refractivity contribution in [3.63, 3.8) is 0 Å². The summed E-state index contributed by atoms with van der Waals surface area (Å²) in [7, 11) is -3.98. The zero-order chi connectivity index (χ0) is 23.5. The van der Waals surface area contributed by atoms with E-state index in [1.807, 2.05) is 78.9 Å². The van der Waals surface area contributed by atoms with Crippen molar-refractivity contribution in [2.75, 3.05) is 0 Å². The van der Waals surface area contributed by atoms with Gasteiger partial charge in [0, 0.05) is 0 Å². The molecule has 0 radical (unpaired) electrons. The van der Waals surface area contributed by atoms with E-state index >= 15 is 0 Å². The Labute approximate surface area is 200 Å². The average Bonchev–Trinajstić information content (AvgIpc) is 2.87. The van der Waals surface area contributed by atoms with Crippen LogP contribution in [0.5, 0.6) is 0 Å². The Hall–Kier alpha value is -3.44. The van der Waals surface area contributed by atoms with Gasteiger partial charge in [-0.05, 0) is 77.3 Å². The van der Waals surface area contributed by atoms with Gasteiger partial charge < -0.3 is 0 Å². The number of rotatable bonds is 6. The lowest BCUT2D eigenvalue weighted by molar-refractivity contribution is -0.120. The molecule has 172 valence electrons. The molecule has 0 spiro atoms. The Balaban J connectivity index is 1.47. The van der Waals surface area contributed by atoms with E-state index in [2.05, 4.69) is 4.72 Å². The van der Waals surface area contributed by atoms with Crippen LogP contribution < -0.4 is 4.72 Å². The van der Waals surface area contributed by atoms with Crippen LogP contribution in [-0.4, -0.2) is 14.3 Å². The smallest absolute Gasteiger partial charge is 0.264 e. The molecule has 5 heteroatoms. The first-order chi connectivity index (χ1) is 16.5. The SMILES string of the molecule is O=C(NS(=O)(=O)c1ccc2c(c1)CCCC2)C(Cc1ccccc1)c1ccc2ccccc2c1. The molecule has 5 rings (SSSR count). The summed E-state index contributed by atoms with van der Waals surface area (Å²) in [6.07, 6.45) is 4.45. The van der Waals surface area contributed by atoms with Crippen LogP contribution in [0.2, 0.25) is 0 Å². The van der Waals surface area contributed by atoms with Crippen LogP contribution in [0.15, 0.2) is 95.9 Å². The molecule has 1 N–H and O–H groups in total. The van der Waals surface area contributed by atoms with E-state index in [0.717, 1.165) is 53.1 Å². The maximum atomic E-state index is 13.5. The highest BCUT2D eigenvalue weighted by atomic mass is 32.2. The number of nitrogens with one attached hydrogen (secondary N) is 1. The van der Waals surface area contributed by atoms with E-state index in [1.54, 1.807) is 12.1 Å². The highest BCUT2D eigenvalue weighted by molar-refractivity contribution is 7.90. The Morgan fingerprint density at radius 3 is 2.26 bits per heavy atom. The molecule has 1 aliphatic rings. The highest BCUT2D eigenvalue weighted by Gasteiger charge is 2.27. The van der Waals surface area contributed by atoms with Gasteiger partial charge in [0.2, 0.25) is 5.91 Å². The second-order valence-electron chi connectivity index (χ2n) is 8.96. The van der Waals surface area contributed by atoms with Gasteiger partial charge in [0.15, 0.2) is 0 Å². The minimum atomic E-state index is -3.98. The number of sulfonamides is 1. The molecule has 4 nitrogen and oxygen atoms in total. The molecular weight excluding hydrogens is 442 g/mol. The predicted octanol–water partition coefficient (Wildman–Crippen LogP) is 5.55. The van der Waals surface area contributed by atoms with E-state index in [4.69, 9.17) is 0 Å². The largest absolute Gasteiger partial charge is 0.273 e. The van der Waals surface area contributed by atoms with Gasteiger partial charge in [-0.2, -0.15) is 0 Å². The number of benzene rings is 4. The van der Waals surface area contributed by atoms with Crippen molar-refractivity contribution in [3.8, 4) is 0 Å². The fourth-order valence-corrected chi connectivity index (χ4v) is 5.85. The molecule has 4 aromatic carbocycles. The van der Waals surface area contributed by atoms with Crippen molar-refractivity contribution in [1.29, 1.82) is 0 Å². The summed E-state index contributed by atoms with van der Waals surface area (Å²) in [5.41, 5.74) is 4.04. The first-order valence-corrected chi connectivity index (χ1v) is 13.2. The third-order valence-corrected chi connectivity index (χ3v) is 7.98. The lowest BCUT2D eigenvalue weighted by Crippen LogP contribution is -2.35. The van der Waals surface area contributed by atoms with Gasteiger partial charge in [0.25, 0.3) is 10.0 Å². The maximum absolute atomic E-state index is 13.5. The Bertz CT molecular complexity index is 1440. The monoisotopic (exact) mass is 469 g/mol. The van der Waals surface area contributed by atoms with Gasteiger partial charge in [0.1, 0.15) is 0 Å². The van der Waals surface area contributed by atoms with Crippen LogP contribution in [-0.2, 0) is 34.1 Å². The lowest BCUT2D eigenvalue weighted by Gasteiger charge is -2.20. The van der Waals surface area contributed by atoms with Crippen molar-refractivity contribution in [2.24, 2.45) is 0 Å². The molecule has 0 aliphatic heterocycles. The standard InChI is InChI=1S/C29H27NO3S/c31-29(30-34(32,33)27-17-16-23-11-5-7-13-25(23)20-27)28(18-21-8-2-1-3-9-21)26-15-14-22-10-4-6-12-24(22)19-26/h1-4,6,8-10,12,14-17,19-20,28H,5,7,11,13,18H2,(H,30,31). The van der Waals surface area contributed by atoms with E-state index in [9.17, 15) is 13.2 Å². The molecule has 1 amide bonds. The second-order valence-corrected chi connectivity index (χ2v) is 10.6. The summed E-state index contributed by atoms with van der Waals surface area (Å²) in [6.45, 7) is 0. The summed E-state index contributed by atoms with van der Waals surface area (Å²) in [6, 6.07) is 28.7. The zero-order valence-electron chi connectivity index (χ0n) is 18.9. The quantitative estimate of drug-likeness (QED) is 0.403. The lowest BCUT2D eigenvalue weighted by atomic mass is 9.90. The molecule has 0 saturated heterocycles. The summed E-state index contributed by atoms with van der Waals surface area (Å²) < 4.78 is 28.8. The van der Waals surface area contributed by atoms with Gasteiger partial charge in [-0.15, -0.1) is 0 Å².